The van der Waals surface area contributed by atoms with E-state index in [1.54, 1.807) is 0 Å². The average Bonchev–Trinajstić information content (AvgIpc) is 2.20. The number of hydrogen-bond donors (Lipinski definition) is 0. The van der Waals surface area contributed by atoms with Crippen LogP contribution >= 0.6 is 22.6 Å². The minimum Gasteiger partial charge on any atom is -0.115 e. The van der Waals surface area contributed by atoms with Crippen molar-refractivity contribution < 1.29 is 0 Å². The standard InChI is InChI=1S/C12H11I/c1-3-10-7-5-6-8-12(10)11(4-2)9-13/h1,5-9H,4H2,2H3. The number of terminal acetylenes is 1. The molecule has 0 nitrogen and oxygen atoms in total. The highest BCUT2D eigenvalue weighted by Crippen LogP contribution is 2.22. The van der Waals surface area contributed by atoms with Crippen LogP contribution in [0.15, 0.2) is 28.3 Å². The van der Waals surface area contributed by atoms with Crippen LogP contribution in [0.3, 0.4) is 0 Å². The van der Waals surface area contributed by atoms with E-state index in [4.69, 9.17) is 6.42 Å². The van der Waals surface area contributed by atoms with Gasteiger partial charge in [-0.15, -0.1) is 6.42 Å². The first-order valence-corrected chi connectivity index (χ1v) is 5.43. The van der Waals surface area contributed by atoms with Crippen molar-refractivity contribution in [3.05, 3.63) is 39.5 Å². The highest BCUT2D eigenvalue weighted by molar-refractivity contribution is 14.1. The Morgan fingerprint density at radius 3 is 2.77 bits per heavy atom. The van der Waals surface area contributed by atoms with Crippen molar-refractivity contribution in [2.45, 2.75) is 13.3 Å². The molecule has 0 amide bonds. The lowest BCUT2D eigenvalue weighted by Gasteiger charge is -2.05. The second-order valence-corrected chi connectivity index (χ2v) is 3.30. The molecular weight excluding hydrogens is 271 g/mol. The van der Waals surface area contributed by atoms with Crippen molar-refractivity contribution >= 4 is 28.2 Å². The number of benzene rings is 1. The van der Waals surface area contributed by atoms with Gasteiger partial charge in [-0.1, -0.05) is 53.6 Å². The van der Waals surface area contributed by atoms with E-state index in [0.717, 1.165) is 12.0 Å². The largest absolute Gasteiger partial charge is 0.115 e. The predicted molar refractivity (Wildman–Crippen MR) is 66.7 cm³/mol. The number of allylic oxidation sites excluding steroid dienone is 1. The maximum absolute atomic E-state index is 5.42. The Morgan fingerprint density at radius 1 is 1.54 bits per heavy atom. The van der Waals surface area contributed by atoms with Gasteiger partial charge in [0, 0.05) is 5.56 Å². The fourth-order valence-corrected chi connectivity index (χ4v) is 1.99. The van der Waals surface area contributed by atoms with Crippen LogP contribution in [0.25, 0.3) is 5.57 Å². The third-order valence-corrected chi connectivity index (χ3v) is 2.69. The van der Waals surface area contributed by atoms with E-state index in [1.165, 1.54) is 11.1 Å². The van der Waals surface area contributed by atoms with E-state index < -0.39 is 0 Å². The van der Waals surface area contributed by atoms with Gasteiger partial charge in [-0.2, -0.15) is 0 Å². The summed E-state index contributed by atoms with van der Waals surface area (Å²) in [6.07, 6.45) is 6.43. The summed E-state index contributed by atoms with van der Waals surface area (Å²) < 4.78 is 2.09. The van der Waals surface area contributed by atoms with Crippen LogP contribution in [-0.4, -0.2) is 0 Å². The van der Waals surface area contributed by atoms with E-state index in [-0.39, 0.29) is 0 Å². The Morgan fingerprint density at radius 2 is 2.23 bits per heavy atom. The highest BCUT2D eigenvalue weighted by Gasteiger charge is 2.02. The lowest BCUT2D eigenvalue weighted by atomic mass is 10.00. The van der Waals surface area contributed by atoms with Gasteiger partial charge in [0.1, 0.15) is 0 Å². The second-order valence-electron chi connectivity index (χ2n) is 2.68. The zero-order chi connectivity index (χ0) is 9.68. The third kappa shape index (κ3) is 2.35. The quantitative estimate of drug-likeness (QED) is 0.571. The molecule has 13 heavy (non-hydrogen) atoms. The number of halogens is 1. The molecule has 0 unspecified atom stereocenters. The molecule has 66 valence electrons. The molecule has 0 N–H and O–H groups in total. The van der Waals surface area contributed by atoms with E-state index in [9.17, 15) is 0 Å². The van der Waals surface area contributed by atoms with E-state index >= 15 is 0 Å². The first-order chi connectivity index (χ1) is 6.33. The number of hydrogen-bond acceptors (Lipinski definition) is 0. The fraction of sp³-hybridized carbons (Fsp3) is 0.167. The van der Waals surface area contributed by atoms with Crippen LogP contribution in [-0.2, 0) is 0 Å². The molecular formula is C12H11I. The summed E-state index contributed by atoms with van der Waals surface area (Å²) >= 11 is 2.26. The molecule has 0 spiro atoms. The van der Waals surface area contributed by atoms with Gasteiger partial charge in [0.25, 0.3) is 0 Å². The average molecular weight is 282 g/mol. The zero-order valence-corrected chi connectivity index (χ0v) is 9.71. The molecule has 1 aromatic carbocycles. The molecule has 1 heteroatoms. The number of rotatable bonds is 2. The summed E-state index contributed by atoms with van der Waals surface area (Å²) in [6, 6.07) is 8.04. The van der Waals surface area contributed by atoms with Gasteiger partial charge in [0.05, 0.1) is 0 Å². The summed E-state index contributed by atoms with van der Waals surface area (Å²) in [6.45, 7) is 2.14. The van der Waals surface area contributed by atoms with Gasteiger partial charge in [-0.25, -0.2) is 0 Å². The summed E-state index contributed by atoms with van der Waals surface area (Å²) in [5.41, 5.74) is 3.46. The van der Waals surface area contributed by atoms with Gasteiger partial charge in [0.15, 0.2) is 0 Å². The molecule has 0 fully saturated rings. The van der Waals surface area contributed by atoms with Crippen molar-refractivity contribution in [2.24, 2.45) is 0 Å². The van der Waals surface area contributed by atoms with Crippen molar-refractivity contribution in [1.82, 2.24) is 0 Å². The minimum absolute atomic E-state index is 0.979. The maximum Gasteiger partial charge on any atom is 0.0317 e. The molecule has 0 atom stereocenters. The minimum atomic E-state index is 0.979. The second kappa shape index (κ2) is 5.08. The first kappa shape index (κ1) is 10.3. The first-order valence-electron chi connectivity index (χ1n) is 4.18. The third-order valence-electron chi connectivity index (χ3n) is 1.94. The van der Waals surface area contributed by atoms with E-state index in [1.807, 2.05) is 18.2 Å². The topological polar surface area (TPSA) is 0 Å². The lowest BCUT2D eigenvalue weighted by Crippen LogP contribution is -1.87. The molecule has 0 radical (unpaired) electrons. The molecule has 0 saturated heterocycles. The van der Waals surface area contributed by atoms with Crippen LogP contribution < -0.4 is 0 Å². The van der Waals surface area contributed by atoms with Gasteiger partial charge in [-0.05, 0) is 27.7 Å². The van der Waals surface area contributed by atoms with Crippen LogP contribution in [0.2, 0.25) is 0 Å². The van der Waals surface area contributed by atoms with Crippen LogP contribution in [0.1, 0.15) is 24.5 Å². The lowest BCUT2D eigenvalue weighted by molar-refractivity contribution is 1.24. The maximum atomic E-state index is 5.42. The summed E-state index contributed by atoms with van der Waals surface area (Å²) in [5.74, 6) is 2.70. The van der Waals surface area contributed by atoms with Gasteiger partial charge < -0.3 is 0 Å². The molecule has 1 aromatic rings. The molecule has 0 aliphatic rings. The zero-order valence-electron chi connectivity index (χ0n) is 7.55. The van der Waals surface area contributed by atoms with Crippen molar-refractivity contribution in [2.75, 3.05) is 0 Å². The smallest absolute Gasteiger partial charge is 0.0317 e. The Kier molecular flexibility index (Phi) is 4.04. The summed E-state index contributed by atoms with van der Waals surface area (Å²) in [7, 11) is 0. The van der Waals surface area contributed by atoms with Crippen molar-refractivity contribution in [3.63, 3.8) is 0 Å². The molecule has 0 heterocycles. The molecule has 0 aliphatic heterocycles. The molecule has 0 saturated carbocycles. The Bertz CT molecular complexity index is 356. The summed E-state index contributed by atoms with van der Waals surface area (Å²) in [4.78, 5) is 0. The molecule has 0 aliphatic carbocycles. The van der Waals surface area contributed by atoms with Crippen LogP contribution in [0.4, 0.5) is 0 Å². The van der Waals surface area contributed by atoms with Gasteiger partial charge >= 0.3 is 0 Å². The molecule has 0 aromatic heterocycles. The fourth-order valence-electron chi connectivity index (χ4n) is 1.22. The van der Waals surface area contributed by atoms with Crippen molar-refractivity contribution in [1.29, 1.82) is 0 Å². The Labute approximate surface area is 93.2 Å². The van der Waals surface area contributed by atoms with Gasteiger partial charge in [0.2, 0.25) is 0 Å². The highest BCUT2D eigenvalue weighted by atomic mass is 127. The van der Waals surface area contributed by atoms with Crippen LogP contribution in [0, 0.1) is 12.3 Å². The monoisotopic (exact) mass is 282 g/mol. The van der Waals surface area contributed by atoms with E-state index in [2.05, 4.69) is 45.6 Å². The Hall–Kier alpha value is -0.750. The molecule has 1 rings (SSSR count). The summed E-state index contributed by atoms with van der Waals surface area (Å²) in [5, 5.41) is 0. The van der Waals surface area contributed by atoms with Gasteiger partial charge in [-0.3, -0.25) is 0 Å². The van der Waals surface area contributed by atoms with Crippen molar-refractivity contribution in [3.8, 4) is 12.3 Å². The van der Waals surface area contributed by atoms with E-state index in [0.29, 0.717) is 0 Å². The SMILES string of the molecule is C#Cc1ccccc1C(=CI)CC. The predicted octanol–water partition coefficient (Wildman–Crippen LogP) is 3.85. The van der Waals surface area contributed by atoms with Crippen LogP contribution in [0.5, 0.6) is 0 Å². The normalized spacial score (nSPS) is 11.0. The Balaban J connectivity index is 3.22. The molecule has 0 bridgehead atoms.